The number of benzene rings is 2. The molecule has 0 unspecified atom stereocenters. The highest BCUT2D eigenvalue weighted by molar-refractivity contribution is 6.34. The van der Waals surface area contributed by atoms with Crippen molar-refractivity contribution in [2.45, 2.75) is 6.54 Å². The van der Waals surface area contributed by atoms with E-state index in [1.165, 1.54) is 18.5 Å². The maximum absolute atomic E-state index is 15.0. The fourth-order valence-electron chi connectivity index (χ4n) is 2.40. The van der Waals surface area contributed by atoms with Crippen LogP contribution in [-0.2, 0) is 6.54 Å². The number of nitrogens with one attached hydrogen (secondary N) is 2. The Hall–Kier alpha value is -3.06. The van der Waals surface area contributed by atoms with E-state index in [9.17, 15) is 13.6 Å². The molecule has 0 bridgehead atoms. The predicted octanol–water partition coefficient (Wildman–Crippen LogP) is 4.82. The van der Waals surface area contributed by atoms with Crippen LogP contribution >= 0.6 is 34.8 Å². The zero-order valence-corrected chi connectivity index (χ0v) is 17.0. The molecule has 1 amide bonds. The van der Waals surface area contributed by atoms with Crippen molar-refractivity contribution in [1.29, 1.82) is 5.26 Å². The molecule has 4 N–H and O–H groups in total. The average molecular weight is 473 g/mol. The van der Waals surface area contributed by atoms with Gasteiger partial charge in [0.05, 0.1) is 22.6 Å². The van der Waals surface area contributed by atoms with Crippen LogP contribution < -0.4 is 15.8 Å². The number of nitrogens with two attached hydrogens (primary N) is 1. The van der Waals surface area contributed by atoms with Crippen LogP contribution in [0.5, 0.6) is 11.5 Å². The van der Waals surface area contributed by atoms with Crippen LogP contribution in [0.15, 0.2) is 24.5 Å². The highest BCUT2D eigenvalue weighted by Crippen LogP contribution is 2.40. The normalized spacial score (nSPS) is 10.5. The second kappa shape index (κ2) is 8.75. The zero-order valence-electron chi connectivity index (χ0n) is 14.7. The number of carbonyl (C=O) groups is 1. The Morgan fingerprint density at radius 1 is 1.30 bits per heavy atom. The second-order valence-electron chi connectivity index (χ2n) is 5.78. The first kappa shape index (κ1) is 21.6. The van der Waals surface area contributed by atoms with Crippen LogP contribution in [0.2, 0.25) is 15.2 Å². The summed E-state index contributed by atoms with van der Waals surface area (Å²) >= 11 is 17.5. The van der Waals surface area contributed by atoms with Crippen LogP contribution in [0.1, 0.15) is 21.6 Å². The molecule has 0 aliphatic carbocycles. The van der Waals surface area contributed by atoms with Crippen molar-refractivity contribution in [1.82, 2.24) is 15.3 Å². The number of nitrogens with zero attached hydrogens (tertiary/aromatic N) is 2. The van der Waals surface area contributed by atoms with Gasteiger partial charge >= 0.3 is 0 Å². The number of hydrogen-bond acceptors (Lipinski definition) is 5. The average Bonchev–Trinajstić information content (AvgIpc) is 3.16. The van der Waals surface area contributed by atoms with E-state index >= 15 is 0 Å². The van der Waals surface area contributed by atoms with E-state index < -0.39 is 33.9 Å². The van der Waals surface area contributed by atoms with Crippen LogP contribution in [-0.4, -0.2) is 15.9 Å². The monoisotopic (exact) mass is 471 g/mol. The van der Waals surface area contributed by atoms with Crippen molar-refractivity contribution in [2.75, 3.05) is 5.73 Å². The molecule has 0 aliphatic heterocycles. The van der Waals surface area contributed by atoms with Crippen LogP contribution in [0, 0.1) is 23.0 Å². The molecule has 0 aliphatic rings. The first-order valence-electron chi connectivity index (χ1n) is 8.04. The van der Waals surface area contributed by atoms with Crippen LogP contribution in [0.3, 0.4) is 0 Å². The van der Waals surface area contributed by atoms with E-state index in [1.807, 2.05) is 0 Å². The first-order valence-corrected chi connectivity index (χ1v) is 9.17. The van der Waals surface area contributed by atoms with Gasteiger partial charge in [0.2, 0.25) is 0 Å². The molecule has 2 aromatic carbocycles. The van der Waals surface area contributed by atoms with E-state index in [-0.39, 0.29) is 39.4 Å². The Morgan fingerprint density at radius 3 is 2.67 bits per heavy atom. The number of aromatic nitrogens is 2. The van der Waals surface area contributed by atoms with Gasteiger partial charge in [-0.2, -0.15) is 5.26 Å². The minimum atomic E-state index is -1.02. The number of anilines is 1. The summed E-state index contributed by atoms with van der Waals surface area (Å²) in [7, 11) is 0. The van der Waals surface area contributed by atoms with Crippen LogP contribution in [0.25, 0.3) is 0 Å². The molecule has 0 fully saturated rings. The predicted molar refractivity (Wildman–Crippen MR) is 107 cm³/mol. The van der Waals surface area contributed by atoms with Gasteiger partial charge in [0.15, 0.2) is 28.3 Å². The van der Waals surface area contributed by atoms with Gasteiger partial charge in [0.1, 0.15) is 16.8 Å². The van der Waals surface area contributed by atoms with Crippen molar-refractivity contribution in [3.63, 3.8) is 0 Å². The van der Waals surface area contributed by atoms with Gasteiger partial charge < -0.3 is 20.8 Å². The minimum Gasteiger partial charge on any atom is -0.450 e. The van der Waals surface area contributed by atoms with E-state index in [0.717, 1.165) is 6.07 Å². The van der Waals surface area contributed by atoms with Crippen molar-refractivity contribution < 1.29 is 18.3 Å². The number of H-pyrrole nitrogens is 1. The smallest absolute Gasteiger partial charge is 0.271 e. The first-order chi connectivity index (χ1) is 14.2. The van der Waals surface area contributed by atoms with Crippen molar-refractivity contribution >= 4 is 46.4 Å². The summed E-state index contributed by atoms with van der Waals surface area (Å²) in [5.74, 6) is -3.24. The quantitative estimate of drug-likeness (QED) is 0.460. The number of aromatic amines is 1. The van der Waals surface area contributed by atoms with E-state index in [1.54, 1.807) is 6.07 Å². The molecule has 1 aromatic heterocycles. The Morgan fingerprint density at radius 2 is 2.03 bits per heavy atom. The second-order valence-corrected chi connectivity index (χ2v) is 6.92. The standard InChI is InChI=1S/C18H10Cl3F2N5O2/c19-9-2-1-7(5-26-18(29)15-17(21)28-6-27-15)13(23)16(9)30-10-3-8(4-24)12(22)11(20)14(10)25/h1-3,6H,5,25H2,(H,26,29)(H,27,28). The molecule has 7 nitrogen and oxygen atoms in total. The molecular weight excluding hydrogens is 463 g/mol. The molecular formula is C18H10Cl3F2N5O2. The van der Waals surface area contributed by atoms with Crippen LogP contribution in [0.4, 0.5) is 14.5 Å². The van der Waals surface area contributed by atoms with Gasteiger partial charge in [-0.25, -0.2) is 13.8 Å². The maximum Gasteiger partial charge on any atom is 0.271 e. The number of hydrogen-bond donors (Lipinski definition) is 3. The lowest BCUT2D eigenvalue weighted by Crippen LogP contribution is -2.24. The lowest BCUT2D eigenvalue weighted by atomic mass is 10.1. The Kier molecular flexibility index (Phi) is 6.31. The molecule has 154 valence electrons. The Bertz CT molecular complexity index is 1190. The van der Waals surface area contributed by atoms with E-state index in [4.69, 9.17) is 50.5 Å². The SMILES string of the molecule is N#Cc1cc(Oc2c(Cl)ccc(CNC(=O)c3[nH]cnc3Cl)c2F)c(N)c(Cl)c1F. The largest absolute Gasteiger partial charge is 0.450 e. The highest BCUT2D eigenvalue weighted by Gasteiger charge is 2.21. The van der Waals surface area contributed by atoms with Gasteiger partial charge in [0.25, 0.3) is 5.91 Å². The molecule has 0 saturated carbocycles. The summed E-state index contributed by atoms with van der Waals surface area (Å²) in [5, 5.41) is 10.8. The number of rotatable bonds is 5. The summed E-state index contributed by atoms with van der Waals surface area (Å²) < 4.78 is 34.2. The molecule has 0 atom stereocenters. The van der Waals surface area contributed by atoms with Gasteiger partial charge in [-0.15, -0.1) is 0 Å². The Balaban J connectivity index is 1.89. The Labute approximate surface area is 183 Å². The summed E-state index contributed by atoms with van der Waals surface area (Å²) in [6.45, 7) is -0.239. The van der Waals surface area contributed by atoms with Crippen molar-refractivity contribution in [3.8, 4) is 17.6 Å². The number of nitrogen functional groups attached to an aromatic ring is 1. The number of nitriles is 1. The fourth-order valence-corrected chi connectivity index (χ4v) is 2.97. The third-order valence-corrected chi connectivity index (χ3v) is 4.88. The maximum atomic E-state index is 15.0. The number of carbonyl (C=O) groups excluding carboxylic acids is 1. The molecule has 0 spiro atoms. The van der Waals surface area contributed by atoms with Gasteiger partial charge in [-0.1, -0.05) is 40.9 Å². The highest BCUT2D eigenvalue weighted by atomic mass is 35.5. The number of imidazole rings is 1. The number of ether oxygens (including phenoxy) is 1. The molecule has 12 heteroatoms. The summed E-state index contributed by atoms with van der Waals surface area (Å²) in [5.41, 5.74) is 4.96. The molecule has 3 rings (SSSR count). The molecule has 3 aromatic rings. The molecule has 1 heterocycles. The van der Waals surface area contributed by atoms with Gasteiger partial charge in [0, 0.05) is 18.2 Å². The lowest BCUT2D eigenvalue weighted by Gasteiger charge is -2.15. The third-order valence-electron chi connectivity index (χ3n) is 3.93. The third kappa shape index (κ3) is 4.11. The number of amides is 1. The minimum absolute atomic E-state index is 0.0141. The molecule has 30 heavy (non-hydrogen) atoms. The topological polar surface area (TPSA) is 117 Å². The van der Waals surface area contributed by atoms with E-state index in [0.29, 0.717) is 0 Å². The van der Waals surface area contributed by atoms with Crippen molar-refractivity contribution in [3.05, 3.63) is 68.2 Å². The number of halogens is 5. The lowest BCUT2D eigenvalue weighted by molar-refractivity contribution is 0.0946. The van der Waals surface area contributed by atoms with Crippen molar-refractivity contribution in [2.24, 2.45) is 0 Å². The summed E-state index contributed by atoms with van der Waals surface area (Å²) in [4.78, 5) is 18.3. The van der Waals surface area contributed by atoms with Gasteiger partial charge in [-0.05, 0) is 6.07 Å². The zero-order chi connectivity index (χ0) is 22.0. The molecule has 0 radical (unpaired) electrons. The fraction of sp³-hybridized carbons (Fsp3) is 0.0556. The summed E-state index contributed by atoms with van der Waals surface area (Å²) in [6.07, 6.45) is 1.24. The van der Waals surface area contributed by atoms with E-state index in [2.05, 4.69) is 15.3 Å². The molecule has 0 saturated heterocycles. The summed E-state index contributed by atoms with van der Waals surface area (Å²) in [6, 6.07) is 5.23. The van der Waals surface area contributed by atoms with Gasteiger partial charge in [-0.3, -0.25) is 4.79 Å².